The first-order valence-electron chi connectivity index (χ1n) is 17.4. The molecule has 0 radical (unpaired) electrons. The van der Waals surface area contributed by atoms with E-state index in [9.17, 15) is 9.59 Å². The molecule has 2 amide bonds. The Hall–Kier alpha value is -2.94. The van der Waals surface area contributed by atoms with Crippen molar-refractivity contribution in [1.29, 1.82) is 0 Å². The van der Waals surface area contributed by atoms with E-state index in [1.54, 1.807) is 24.3 Å². The Labute approximate surface area is 301 Å². The normalized spacial score (nSPS) is 11.1. The highest BCUT2D eigenvalue weighted by Gasteiger charge is 2.30. The Morgan fingerprint density at radius 1 is 0.745 bits per heavy atom. The van der Waals surface area contributed by atoms with Crippen LogP contribution in [0.5, 0.6) is 11.5 Å². The van der Waals surface area contributed by atoms with Crippen molar-refractivity contribution in [2.24, 2.45) is 7.05 Å². The van der Waals surface area contributed by atoms with E-state index in [2.05, 4.69) is 27.7 Å². The van der Waals surface area contributed by atoms with Crippen LogP contribution in [-0.2, 0) is 19.0 Å². The second kappa shape index (κ2) is 21.1. The molecule has 1 heterocycles. The number of halogens is 1. The van der Waals surface area contributed by atoms with Crippen LogP contribution in [0.4, 0.5) is 0 Å². The van der Waals surface area contributed by atoms with Gasteiger partial charge in [0.2, 0.25) is 5.69 Å². The van der Waals surface area contributed by atoms with Crippen molar-refractivity contribution in [3.63, 3.8) is 0 Å². The lowest BCUT2D eigenvalue weighted by Gasteiger charge is -2.25. The largest absolute Gasteiger partial charge is 1.00 e. The Morgan fingerprint density at radius 3 is 1.94 bits per heavy atom. The molecule has 3 rings (SSSR count). The zero-order valence-electron chi connectivity index (χ0n) is 29.7. The third-order valence-corrected chi connectivity index (χ3v) is 8.60. The minimum atomic E-state index is -0.407. The number of carbonyl (C=O) groups is 2. The molecule has 1 aromatic heterocycles. The molecule has 3 aromatic rings. The van der Waals surface area contributed by atoms with Crippen LogP contribution >= 0.6 is 0 Å². The van der Waals surface area contributed by atoms with Crippen molar-refractivity contribution >= 4 is 11.8 Å². The highest BCUT2D eigenvalue weighted by Crippen LogP contribution is 2.33. The van der Waals surface area contributed by atoms with Crippen molar-refractivity contribution in [2.75, 3.05) is 13.7 Å². The van der Waals surface area contributed by atoms with Crippen LogP contribution in [0, 0.1) is 0 Å². The van der Waals surface area contributed by atoms with Crippen LogP contribution in [0.25, 0.3) is 0 Å². The molecule has 0 saturated carbocycles. The molecule has 7 heteroatoms. The lowest BCUT2D eigenvalue weighted by Crippen LogP contribution is -3.00. The summed E-state index contributed by atoms with van der Waals surface area (Å²) in [6.45, 7) is 9.40. The van der Waals surface area contributed by atoms with Crippen LogP contribution in [-0.4, -0.2) is 30.4 Å². The number of benzene rings is 2. The van der Waals surface area contributed by atoms with Gasteiger partial charge in [-0.25, -0.2) is 4.57 Å². The quantitative estimate of drug-likeness (QED) is 0.0617. The smallest absolute Gasteiger partial charge is 0.265 e. The topological polar surface area (TPSA) is 59.7 Å². The van der Waals surface area contributed by atoms with Crippen molar-refractivity contribution in [3.8, 4) is 11.5 Å². The molecule has 2 aromatic carbocycles. The second-order valence-electron chi connectivity index (χ2n) is 13.4. The van der Waals surface area contributed by atoms with E-state index in [1.807, 2.05) is 54.2 Å². The number of amides is 2. The maximum atomic E-state index is 14.2. The van der Waals surface area contributed by atoms with Crippen molar-refractivity contribution < 1.29 is 47.6 Å². The fraction of sp³-hybridized carbons (Fsp3) is 0.525. The molecule has 47 heavy (non-hydrogen) atoms. The van der Waals surface area contributed by atoms with Gasteiger partial charge in [0.1, 0.15) is 25.1 Å². The number of hydrogen-bond acceptors (Lipinski definition) is 4. The minimum absolute atomic E-state index is 0. The first-order chi connectivity index (χ1) is 22.2. The zero-order chi connectivity index (χ0) is 33.4. The predicted octanol–water partition coefficient (Wildman–Crippen LogP) is 6.38. The molecule has 0 saturated heterocycles. The van der Waals surface area contributed by atoms with Crippen molar-refractivity contribution in [3.05, 3.63) is 89.2 Å². The van der Waals surface area contributed by atoms with E-state index >= 15 is 0 Å². The lowest BCUT2D eigenvalue weighted by atomic mass is 9.85. The molecule has 0 aliphatic rings. The van der Waals surface area contributed by atoms with Crippen molar-refractivity contribution in [1.82, 2.24) is 4.90 Å². The molecule has 0 aliphatic heterocycles. The number of pyridine rings is 1. The van der Waals surface area contributed by atoms with Gasteiger partial charge in [0.25, 0.3) is 11.8 Å². The molecule has 0 bridgehead atoms. The van der Waals surface area contributed by atoms with E-state index in [1.165, 1.54) is 76.2 Å². The van der Waals surface area contributed by atoms with Gasteiger partial charge >= 0.3 is 0 Å². The Kier molecular flexibility index (Phi) is 18.1. The number of ether oxygens (including phenoxy) is 2. The fourth-order valence-electron chi connectivity index (χ4n) is 5.74. The number of rotatable bonds is 19. The van der Waals surface area contributed by atoms with Gasteiger partial charge in [-0.15, -0.1) is 0 Å². The average molecular weight is 757 g/mol. The van der Waals surface area contributed by atoms with Crippen molar-refractivity contribution in [2.45, 2.75) is 117 Å². The molecule has 0 unspecified atom stereocenters. The number of methoxy groups -OCH3 is 1. The number of aromatic nitrogens is 1. The second-order valence-corrected chi connectivity index (χ2v) is 13.4. The van der Waals surface area contributed by atoms with Gasteiger partial charge in [-0.05, 0) is 42.2 Å². The Bertz CT molecular complexity index is 1380. The molecule has 6 nitrogen and oxygen atoms in total. The van der Waals surface area contributed by atoms with Gasteiger partial charge in [0.15, 0.2) is 6.20 Å². The third kappa shape index (κ3) is 12.9. The van der Waals surface area contributed by atoms with E-state index in [0.717, 1.165) is 29.8 Å². The van der Waals surface area contributed by atoms with Gasteiger partial charge in [0.05, 0.1) is 19.3 Å². The predicted molar refractivity (Wildman–Crippen MR) is 187 cm³/mol. The Balaban J connectivity index is 0.00000768. The maximum absolute atomic E-state index is 14.2. The summed E-state index contributed by atoms with van der Waals surface area (Å²) in [6, 6.07) is 18.3. The molecule has 0 N–H and O–H groups in total. The standard InChI is InChI=1S/C40H57N2O4.HI/c1-7-8-9-10-11-12-13-14-15-16-17-22-29-46-37-27-26-32(30-35(37)40(2,3)4)38(43)42(31-33-23-20-21-28-41(33)5)39(44)34-24-18-19-25-36(34)45-6;/h18-21,23-28,30H,7-17,22,29,31H2,1-6H3;1H/q+1;/p-1. The number of imide groups is 1. The number of unbranched alkanes of at least 4 members (excludes halogenated alkanes) is 11. The summed E-state index contributed by atoms with van der Waals surface area (Å²) in [5, 5.41) is 0. The molecular formula is C40H57IN2O4. The molecule has 0 aliphatic carbocycles. The number of hydrogen-bond donors (Lipinski definition) is 0. The van der Waals surface area contributed by atoms with E-state index in [4.69, 9.17) is 9.47 Å². The summed E-state index contributed by atoms with van der Waals surface area (Å²) < 4.78 is 13.7. The molecule has 258 valence electrons. The molecule has 0 fully saturated rings. The van der Waals surface area contributed by atoms with Gasteiger partial charge < -0.3 is 33.5 Å². The highest BCUT2D eigenvalue weighted by molar-refractivity contribution is 6.11. The number of carbonyl (C=O) groups excluding carboxylic acids is 2. The third-order valence-electron chi connectivity index (χ3n) is 8.60. The van der Waals surface area contributed by atoms with Crippen LogP contribution in [0.1, 0.15) is 137 Å². The average Bonchev–Trinajstić information content (AvgIpc) is 3.05. The van der Waals surface area contributed by atoms with Gasteiger partial charge in [-0.2, -0.15) is 0 Å². The fourth-order valence-corrected chi connectivity index (χ4v) is 5.74. The number of para-hydroxylation sites is 1. The number of nitrogens with zero attached hydrogens (tertiary/aromatic N) is 2. The first-order valence-corrected chi connectivity index (χ1v) is 17.4. The zero-order valence-corrected chi connectivity index (χ0v) is 31.8. The van der Waals surface area contributed by atoms with Crippen LogP contribution in [0.15, 0.2) is 66.9 Å². The molecular weight excluding hydrogens is 699 g/mol. The SMILES string of the molecule is CCCCCCCCCCCCCCOc1ccc(C(=O)N(Cc2cccc[n+]2C)C(=O)c2ccccc2OC)cc1C(C)(C)C.[I-]. The molecule has 0 spiro atoms. The maximum Gasteiger partial charge on any atom is 0.265 e. The summed E-state index contributed by atoms with van der Waals surface area (Å²) >= 11 is 0. The van der Waals surface area contributed by atoms with Gasteiger partial charge in [0, 0.05) is 23.3 Å². The molecule has 0 atom stereocenters. The summed E-state index contributed by atoms with van der Waals surface area (Å²) in [5.41, 5.74) is 2.32. The van der Waals surface area contributed by atoms with Gasteiger partial charge in [-0.3, -0.25) is 14.5 Å². The van der Waals surface area contributed by atoms with Crippen LogP contribution in [0.3, 0.4) is 0 Å². The van der Waals surface area contributed by atoms with E-state index in [0.29, 0.717) is 23.5 Å². The first kappa shape index (κ1) is 40.2. The highest BCUT2D eigenvalue weighted by atomic mass is 127. The summed E-state index contributed by atoms with van der Waals surface area (Å²) in [6.07, 6.45) is 17.5. The van der Waals surface area contributed by atoms with Crippen LogP contribution < -0.4 is 38.0 Å². The summed E-state index contributed by atoms with van der Waals surface area (Å²) in [7, 11) is 3.44. The number of aryl methyl sites for hydroxylation is 1. The van der Waals surface area contributed by atoms with Gasteiger partial charge in [-0.1, -0.05) is 117 Å². The summed E-state index contributed by atoms with van der Waals surface area (Å²) in [5.74, 6) is 0.456. The minimum Gasteiger partial charge on any atom is -1.00 e. The van der Waals surface area contributed by atoms with Crippen LogP contribution in [0.2, 0.25) is 0 Å². The van der Waals surface area contributed by atoms with E-state index < -0.39 is 5.91 Å². The lowest BCUT2D eigenvalue weighted by molar-refractivity contribution is -0.679. The summed E-state index contributed by atoms with van der Waals surface area (Å²) in [4.78, 5) is 29.4. The Morgan fingerprint density at radius 2 is 1.34 bits per heavy atom. The van der Waals surface area contributed by atoms with E-state index in [-0.39, 0.29) is 41.8 Å². The monoisotopic (exact) mass is 756 g/mol.